The molecule has 0 spiro atoms. The fourth-order valence-electron chi connectivity index (χ4n) is 2.64. The van der Waals surface area contributed by atoms with Gasteiger partial charge in [-0.05, 0) is 12.0 Å². The highest BCUT2D eigenvalue weighted by molar-refractivity contribution is 5.76. The van der Waals surface area contributed by atoms with Crippen molar-refractivity contribution >= 4 is 5.91 Å². The van der Waals surface area contributed by atoms with E-state index in [1.165, 1.54) is 0 Å². The first-order chi connectivity index (χ1) is 10.6. The summed E-state index contributed by atoms with van der Waals surface area (Å²) in [4.78, 5) is 15.9. The van der Waals surface area contributed by atoms with E-state index >= 15 is 0 Å². The maximum atomic E-state index is 12.1. The van der Waals surface area contributed by atoms with Crippen molar-refractivity contribution in [2.75, 3.05) is 46.4 Å². The van der Waals surface area contributed by atoms with Gasteiger partial charge < -0.3 is 14.7 Å². The molecule has 0 saturated carbocycles. The Labute approximate surface area is 132 Å². The second-order valence-electron chi connectivity index (χ2n) is 5.83. The third-order valence-electron chi connectivity index (χ3n) is 3.95. The molecule has 0 bridgehead atoms. The van der Waals surface area contributed by atoms with E-state index in [1.807, 2.05) is 30.3 Å². The highest BCUT2D eigenvalue weighted by Crippen LogP contribution is 2.05. The van der Waals surface area contributed by atoms with Gasteiger partial charge in [0.1, 0.15) is 0 Å². The maximum absolute atomic E-state index is 12.1. The molecule has 1 aromatic rings. The summed E-state index contributed by atoms with van der Waals surface area (Å²) in [5.41, 5.74) is 1.16. The number of β-amino-alcohol motifs (C(OH)–C–C–N with tert-alkyl or cyclic N) is 1. The fourth-order valence-corrected chi connectivity index (χ4v) is 2.64. The molecule has 0 aromatic heterocycles. The molecular formula is C17H26N2O3. The quantitative estimate of drug-likeness (QED) is 0.808. The lowest BCUT2D eigenvalue weighted by Crippen LogP contribution is -2.45. The number of hydrogen-bond donors (Lipinski definition) is 1. The zero-order valence-electron chi connectivity index (χ0n) is 13.3. The summed E-state index contributed by atoms with van der Waals surface area (Å²) in [5.74, 6) is 0.0740. The number of aryl methyl sites for hydroxylation is 1. The van der Waals surface area contributed by atoms with E-state index in [1.54, 1.807) is 11.9 Å². The minimum absolute atomic E-state index is 0.0740. The van der Waals surface area contributed by atoms with Crippen LogP contribution in [0.25, 0.3) is 0 Å². The Morgan fingerprint density at radius 3 is 2.68 bits per heavy atom. The number of carbonyl (C=O) groups is 1. The number of carbonyl (C=O) groups excluding carboxylic acids is 1. The van der Waals surface area contributed by atoms with Crippen LogP contribution < -0.4 is 0 Å². The van der Waals surface area contributed by atoms with E-state index in [0.717, 1.165) is 38.3 Å². The number of ether oxygens (including phenoxy) is 1. The largest absolute Gasteiger partial charge is 0.390 e. The third-order valence-corrected chi connectivity index (χ3v) is 3.95. The van der Waals surface area contributed by atoms with E-state index in [-0.39, 0.29) is 5.91 Å². The average molecular weight is 306 g/mol. The molecule has 1 aliphatic heterocycles. The average Bonchev–Trinajstić information content (AvgIpc) is 2.54. The number of morpholine rings is 1. The first-order valence-electron chi connectivity index (χ1n) is 7.91. The SMILES string of the molecule is CN(CC(O)CN1CCOCC1)C(=O)CCc1ccccc1. The maximum Gasteiger partial charge on any atom is 0.222 e. The minimum atomic E-state index is -0.510. The van der Waals surface area contributed by atoms with Crippen LogP contribution >= 0.6 is 0 Å². The molecule has 2 rings (SSSR count). The van der Waals surface area contributed by atoms with Gasteiger partial charge in [0.25, 0.3) is 0 Å². The van der Waals surface area contributed by atoms with Gasteiger partial charge in [0.15, 0.2) is 0 Å². The smallest absolute Gasteiger partial charge is 0.222 e. The first-order valence-corrected chi connectivity index (χ1v) is 7.91. The van der Waals surface area contributed by atoms with Crippen LogP contribution in [0.15, 0.2) is 30.3 Å². The molecule has 0 aliphatic carbocycles. The number of benzene rings is 1. The molecule has 1 aromatic carbocycles. The van der Waals surface area contributed by atoms with Crippen LogP contribution in [0.1, 0.15) is 12.0 Å². The molecule has 22 heavy (non-hydrogen) atoms. The first kappa shape index (κ1) is 16.9. The summed E-state index contributed by atoms with van der Waals surface area (Å²) in [6, 6.07) is 9.99. The Kier molecular flexibility index (Phi) is 6.83. The predicted molar refractivity (Wildman–Crippen MR) is 85.7 cm³/mol. The van der Waals surface area contributed by atoms with Crippen molar-refractivity contribution in [3.63, 3.8) is 0 Å². The zero-order chi connectivity index (χ0) is 15.8. The lowest BCUT2D eigenvalue weighted by Gasteiger charge is -2.30. The Morgan fingerprint density at radius 2 is 2.00 bits per heavy atom. The molecule has 1 heterocycles. The molecule has 0 radical (unpaired) electrons. The number of hydrogen-bond acceptors (Lipinski definition) is 4. The normalized spacial score (nSPS) is 17.2. The van der Waals surface area contributed by atoms with E-state index in [4.69, 9.17) is 4.74 Å². The Morgan fingerprint density at radius 1 is 1.32 bits per heavy atom. The van der Waals surface area contributed by atoms with Crippen molar-refractivity contribution in [2.45, 2.75) is 18.9 Å². The lowest BCUT2D eigenvalue weighted by atomic mass is 10.1. The third kappa shape index (κ3) is 5.75. The monoisotopic (exact) mass is 306 g/mol. The van der Waals surface area contributed by atoms with E-state index in [9.17, 15) is 9.90 Å². The molecule has 1 aliphatic rings. The van der Waals surface area contributed by atoms with E-state index in [2.05, 4.69) is 4.90 Å². The fraction of sp³-hybridized carbons (Fsp3) is 0.588. The van der Waals surface area contributed by atoms with Crippen molar-refractivity contribution in [3.8, 4) is 0 Å². The molecule has 122 valence electrons. The highest BCUT2D eigenvalue weighted by Gasteiger charge is 2.18. The number of aliphatic hydroxyl groups excluding tert-OH is 1. The summed E-state index contributed by atoms with van der Waals surface area (Å²) in [6.07, 6.45) is 0.706. The zero-order valence-corrected chi connectivity index (χ0v) is 13.3. The molecule has 1 N–H and O–H groups in total. The van der Waals surface area contributed by atoms with Crippen LogP contribution in [-0.4, -0.2) is 73.4 Å². The van der Waals surface area contributed by atoms with E-state index in [0.29, 0.717) is 19.5 Å². The van der Waals surface area contributed by atoms with Crippen molar-refractivity contribution in [1.29, 1.82) is 0 Å². The Bertz CT molecular complexity index is 446. The molecule has 1 atom stereocenters. The second kappa shape index (κ2) is 8.88. The van der Waals surface area contributed by atoms with Gasteiger partial charge in [0.2, 0.25) is 5.91 Å². The molecule has 1 unspecified atom stereocenters. The van der Waals surface area contributed by atoms with Crippen molar-refractivity contribution in [2.24, 2.45) is 0 Å². The van der Waals surface area contributed by atoms with Crippen LogP contribution in [0.2, 0.25) is 0 Å². The second-order valence-corrected chi connectivity index (χ2v) is 5.83. The van der Waals surface area contributed by atoms with Gasteiger partial charge in [-0.3, -0.25) is 9.69 Å². The highest BCUT2D eigenvalue weighted by atomic mass is 16.5. The Hall–Kier alpha value is -1.43. The summed E-state index contributed by atoms with van der Waals surface area (Å²) in [7, 11) is 1.76. The van der Waals surface area contributed by atoms with Gasteiger partial charge in [-0.2, -0.15) is 0 Å². The van der Waals surface area contributed by atoms with Gasteiger partial charge in [-0.25, -0.2) is 0 Å². The predicted octanol–water partition coefficient (Wildman–Crippen LogP) is 0.771. The van der Waals surface area contributed by atoms with Gasteiger partial charge in [-0.1, -0.05) is 30.3 Å². The van der Waals surface area contributed by atoms with Gasteiger partial charge in [-0.15, -0.1) is 0 Å². The number of likely N-dealkylation sites (N-methyl/N-ethyl adjacent to an activating group) is 1. The van der Waals surface area contributed by atoms with Gasteiger partial charge >= 0.3 is 0 Å². The summed E-state index contributed by atoms with van der Waals surface area (Å²) >= 11 is 0. The van der Waals surface area contributed by atoms with Crippen molar-refractivity contribution in [3.05, 3.63) is 35.9 Å². The molecule has 1 amide bonds. The van der Waals surface area contributed by atoms with Crippen LogP contribution in [0.5, 0.6) is 0 Å². The Balaban J connectivity index is 1.68. The number of nitrogens with zero attached hydrogens (tertiary/aromatic N) is 2. The number of amides is 1. The van der Waals surface area contributed by atoms with Crippen LogP contribution in [0, 0.1) is 0 Å². The molecule has 5 nitrogen and oxygen atoms in total. The van der Waals surface area contributed by atoms with Crippen molar-refractivity contribution in [1.82, 2.24) is 9.80 Å². The van der Waals surface area contributed by atoms with Crippen LogP contribution in [0.4, 0.5) is 0 Å². The van der Waals surface area contributed by atoms with Gasteiger partial charge in [0.05, 0.1) is 19.3 Å². The van der Waals surface area contributed by atoms with Crippen LogP contribution in [0.3, 0.4) is 0 Å². The topological polar surface area (TPSA) is 53.0 Å². The molecule has 1 saturated heterocycles. The molecular weight excluding hydrogens is 280 g/mol. The standard InChI is InChI=1S/C17H26N2O3/c1-18(13-16(20)14-19-9-11-22-12-10-19)17(21)8-7-15-5-3-2-4-6-15/h2-6,16,20H,7-14H2,1H3. The molecule has 5 heteroatoms. The molecule has 1 fully saturated rings. The number of rotatable bonds is 7. The van der Waals surface area contributed by atoms with E-state index < -0.39 is 6.10 Å². The lowest BCUT2D eigenvalue weighted by molar-refractivity contribution is -0.131. The van der Waals surface area contributed by atoms with Crippen LogP contribution in [-0.2, 0) is 16.0 Å². The van der Waals surface area contributed by atoms with Crippen molar-refractivity contribution < 1.29 is 14.6 Å². The minimum Gasteiger partial charge on any atom is -0.390 e. The van der Waals surface area contributed by atoms with Gasteiger partial charge in [0, 0.05) is 39.6 Å². The summed E-state index contributed by atoms with van der Waals surface area (Å²) < 4.78 is 5.29. The number of aliphatic hydroxyl groups is 1. The summed E-state index contributed by atoms with van der Waals surface area (Å²) in [5, 5.41) is 10.1. The summed E-state index contributed by atoms with van der Waals surface area (Å²) in [6.45, 7) is 4.12.